The van der Waals surface area contributed by atoms with Crippen LogP contribution in [0.3, 0.4) is 0 Å². The van der Waals surface area contributed by atoms with Gasteiger partial charge in [-0.2, -0.15) is 0 Å². The third-order valence-corrected chi connectivity index (χ3v) is 2.89. The number of benzene rings is 1. The van der Waals surface area contributed by atoms with Gasteiger partial charge in [-0.3, -0.25) is 4.99 Å². The van der Waals surface area contributed by atoms with Gasteiger partial charge in [0.15, 0.2) is 11.5 Å². The fraction of sp³-hybridized carbons (Fsp3) is 0.429. The molecule has 0 saturated heterocycles. The number of ether oxygens (including phenoxy) is 1. The monoisotopic (exact) mass is 280 g/mol. The molecule has 0 radical (unpaired) electrons. The Morgan fingerprint density at radius 1 is 1.55 bits per heavy atom. The van der Waals surface area contributed by atoms with Gasteiger partial charge in [-0.1, -0.05) is 6.07 Å². The number of aliphatic carboxylic acids is 1. The smallest absolute Gasteiger partial charge is 0.166 e. The molecule has 0 heterocycles. The molecule has 6 nitrogen and oxygen atoms in total. The average molecular weight is 280 g/mol. The largest absolute Gasteiger partial charge is 0.548 e. The summed E-state index contributed by atoms with van der Waals surface area (Å²) in [6, 6.07) is 4.02. The van der Waals surface area contributed by atoms with E-state index in [2.05, 4.69) is 10.7 Å². The number of para-hydroxylation sites is 1. The van der Waals surface area contributed by atoms with Crippen molar-refractivity contribution < 1.29 is 25.5 Å². The summed E-state index contributed by atoms with van der Waals surface area (Å²) in [5.41, 5.74) is 4.11. The summed E-state index contributed by atoms with van der Waals surface area (Å²) in [6.45, 7) is 0.764. The fourth-order valence-electron chi connectivity index (χ4n) is 1.75. The number of hydrogen-bond acceptors (Lipinski definition) is 5. The average Bonchev–Trinajstić information content (AvgIpc) is 2.43. The second-order valence-corrected chi connectivity index (χ2v) is 4.36. The summed E-state index contributed by atoms with van der Waals surface area (Å²) >= 11 is 0. The zero-order valence-electron chi connectivity index (χ0n) is 11.5. The Balaban J connectivity index is 2.79. The molecule has 1 unspecified atom stereocenters. The molecule has 0 fully saturated rings. The minimum atomic E-state index is -1.22. The number of nitrogens with zero attached hydrogens (tertiary/aromatic N) is 1. The Bertz CT molecular complexity index is 474. The molecule has 0 aromatic heterocycles. The van der Waals surface area contributed by atoms with E-state index >= 15 is 0 Å². The van der Waals surface area contributed by atoms with Crippen LogP contribution in [0.15, 0.2) is 23.2 Å². The molecule has 0 aliphatic carbocycles. The molecule has 1 rings (SSSR count). The lowest BCUT2D eigenvalue weighted by atomic mass is 10.1. The number of rotatable bonds is 8. The van der Waals surface area contributed by atoms with Crippen molar-refractivity contribution >= 4 is 12.2 Å². The molecule has 0 saturated carbocycles. The van der Waals surface area contributed by atoms with Crippen LogP contribution in [-0.4, -0.2) is 37.0 Å². The standard InChI is InChI=1S/C14H20N2O4/c1-20-12-7-4-5-10(13(12)17)9-16-11(14(18)19)6-2-3-8-15/h4-5,7,9,11,17H,2-3,6,8,15H2,1H3,(H,18,19). The van der Waals surface area contributed by atoms with Crippen molar-refractivity contribution in [3.63, 3.8) is 0 Å². The van der Waals surface area contributed by atoms with E-state index in [1.807, 2.05) is 0 Å². The van der Waals surface area contributed by atoms with Crippen LogP contribution in [0.2, 0.25) is 0 Å². The summed E-state index contributed by atoms with van der Waals surface area (Å²) in [7, 11) is 1.44. The van der Waals surface area contributed by atoms with Crippen molar-refractivity contribution in [3.8, 4) is 11.5 Å². The molecule has 110 valence electrons. The van der Waals surface area contributed by atoms with Gasteiger partial charge < -0.3 is 25.5 Å². The number of phenolic OH excluding ortho intramolecular Hbond substituents is 1. The molecule has 1 atom stereocenters. The molecule has 1 aromatic carbocycles. The second-order valence-electron chi connectivity index (χ2n) is 4.36. The van der Waals surface area contributed by atoms with Crippen molar-refractivity contribution in [1.82, 2.24) is 0 Å². The summed E-state index contributed by atoms with van der Waals surface area (Å²) in [5, 5.41) is 20.9. The molecule has 0 spiro atoms. The molecule has 0 bridgehead atoms. The van der Waals surface area contributed by atoms with E-state index < -0.39 is 12.0 Å². The number of carboxylic acid groups (broad SMARTS) is 1. The van der Waals surface area contributed by atoms with Crippen molar-refractivity contribution in [2.75, 3.05) is 13.7 Å². The van der Waals surface area contributed by atoms with E-state index in [0.29, 0.717) is 17.7 Å². The highest BCUT2D eigenvalue weighted by Gasteiger charge is 2.09. The van der Waals surface area contributed by atoms with Gasteiger partial charge in [0.1, 0.15) is 0 Å². The first-order valence-corrected chi connectivity index (χ1v) is 6.49. The lowest BCUT2D eigenvalue weighted by Crippen LogP contribution is -2.50. The van der Waals surface area contributed by atoms with E-state index in [4.69, 9.17) is 4.74 Å². The normalized spacial score (nSPS) is 12.5. The van der Waals surface area contributed by atoms with E-state index in [-0.39, 0.29) is 5.75 Å². The first-order chi connectivity index (χ1) is 9.60. The molecule has 6 heteroatoms. The third-order valence-electron chi connectivity index (χ3n) is 2.89. The van der Waals surface area contributed by atoms with Crippen molar-refractivity contribution in [3.05, 3.63) is 23.8 Å². The number of unbranched alkanes of at least 4 members (excludes halogenated alkanes) is 1. The quantitative estimate of drug-likeness (QED) is 0.487. The summed E-state index contributed by atoms with van der Waals surface area (Å²) < 4.78 is 4.97. The number of carboxylic acids is 1. The highest BCUT2D eigenvalue weighted by molar-refractivity contribution is 5.86. The maximum Gasteiger partial charge on any atom is 0.166 e. The number of methoxy groups -OCH3 is 1. The van der Waals surface area contributed by atoms with Crippen LogP contribution in [0.25, 0.3) is 0 Å². The molecule has 0 aliphatic heterocycles. The van der Waals surface area contributed by atoms with Crippen LogP contribution in [0.4, 0.5) is 0 Å². The number of carbonyl (C=O) groups excluding carboxylic acids is 1. The van der Waals surface area contributed by atoms with Crippen molar-refractivity contribution in [2.45, 2.75) is 25.3 Å². The summed E-state index contributed by atoms with van der Waals surface area (Å²) in [4.78, 5) is 15.0. The zero-order chi connectivity index (χ0) is 15.0. The van der Waals surface area contributed by atoms with Gasteiger partial charge in [0.25, 0.3) is 0 Å². The number of quaternary nitrogens is 1. The molecule has 1 aromatic rings. The Hall–Kier alpha value is -2.08. The lowest BCUT2D eigenvalue weighted by molar-refractivity contribution is -0.368. The Morgan fingerprint density at radius 3 is 2.90 bits per heavy atom. The molecule has 20 heavy (non-hydrogen) atoms. The minimum Gasteiger partial charge on any atom is -0.548 e. The molecule has 0 amide bonds. The second kappa shape index (κ2) is 8.16. The predicted octanol–water partition coefficient (Wildman–Crippen LogP) is -0.650. The van der Waals surface area contributed by atoms with Crippen molar-refractivity contribution in [1.29, 1.82) is 0 Å². The lowest BCUT2D eigenvalue weighted by Gasteiger charge is -2.13. The van der Waals surface area contributed by atoms with Gasteiger partial charge in [0, 0.05) is 11.8 Å². The molecular weight excluding hydrogens is 260 g/mol. The minimum absolute atomic E-state index is 0.0615. The fourth-order valence-corrected chi connectivity index (χ4v) is 1.75. The van der Waals surface area contributed by atoms with Crippen LogP contribution in [0.1, 0.15) is 24.8 Å². The Labute approximate surface area is 117 Å². The van der Waals surface area contributed by atoms with Crippen LogP contribution < -0.4 is 15.6 Å². The van der Waals surface area contributed by atoms with Gasteiger partial charge >= 0.3 is 0 Å². The molecular formula is C14H20N2O4. The Kier molecular flexibility index (Phi) is 6.52. The van der Waals surface area contributed by atoms with Crippen LogP contribution in [0.5, 0.6) is 11.5 Å². The zero-order valence-corrected chi connectivity index (χ0v) is 11.5. The van der Waals surface area contributed by atoms with E-state index in [0.717, 1.165) is 19.4 Å². The van der Waals surface area contributed by atoms with E-state index in [1.54, 1.807) is 18.2 Å². The van der Waals surface area contributed by atoms with Crippen LogP contribution in [-0.2, 0) is 4.79 Å². The Morgan fingerprint density at radius 2 is 2.30 bits per heavy atom. The SMILES string of the molecule is COc1cccc(C=NC(CCCC[NH3+])C(=O)[O-])c1O. The summed E-state index contributed by atoms with van der Waals surface area (Å²) in [6.07, 6.45) is 3.31. The first-order valence-electron chi connectivity index (χ1n) is 6.49. The van der Waals surface area contributed by atoms with Gasteiger partial charge in [-0.15, -0.1) is 0 Å². The highest BCUT2D eigenvalue weighted by Crippen LogP contribution is 2.28. The maximum absolute atomic E-state index is 11.0. The number of aromatic hydroxyl groups is 1. The van der Waals surface area contributed by atoms with Gasteiger partial charge in [0.2, 0.25) is 0 Å². The third kappa shape index (κ3) is 4.55. The molecule has 4 N–H and O–H groups in total. The number of aliphatic imine (C=N–C) groups is 1. The van der Waals surface area contributed by atoms with Gasteiger partial charge in [-0.05, 0) is 31.4 Å². The van der Waals surface area contributed by atoms with Crippen molar-refractivity contribution in [2.24, 2.45) is 4.99 Å². The summed E-state index contributed by atoms with van der Waals surface area (Å²) in [5.74, 6) is -0.961. The van der Waals surface area contributed by atoms with Crippen LogP contribution >= 0.6 is 0 Å². The van der Waals surface area contributed by atoms with Crippen LogP contribution in [0, 0.1) is 0 Å². The predicted molar refractivity (Wildman–Crippen MR) is 72.7 cm³/mol. The van der Waals surface area contributed by atoms with E-state index in [9.17, 15) is 15.0 Å². The van der Waals surface area contributed by atoms with E-state index in [1.165, 1.54) is 13.3 Å². The first kappa shape index (κ1) is 16.0. The molecule has 0 aliphatic rings. The number of hydrogen-bond donors (Lipinski definition) is 2. The van der Waals surface area contributed by atoms with Gasteiger partial charge in [0.05, 0.1) is 25.7 Å². The number of carbonyl (C=O) groups is 1. The number of phenols is 1. The highest BCUT2D eigenvalue weighted by atomic mass is 16.5. The van der Waals surface area contributed by atoms with Gasteiger partial charge in [-0.25, -0.2) is 0 Å². The maximum atomic E-state index is 11.0. The topological polar surface area (TPSA) is 110 Å².